The normalized spacial score (nSPS) is 14.7. The lowest BCUT2D eigenvalue weighted by atomic mass is 10.1. The summed E-state index contributed by atoms with van der Waals surface area (Å²) in [5.41, 5.74) is 4.68. The molecular formula is C25H29N5OS. The molecule has 4 aromatic rings. The number of hydrogen-bond donors (Lipinski definition) is 1. The maximum absolute atomic E-state index is 5.44. The zero-order chi connectivity index (χ0) is 21.8. The summed E-state index contributed by atoms with van der Waals surface area (Å²) in [5, 5.41) is 11.7. The molecule has 0 bridgehead atoms. The number of rotatable bonds is 8. The van der Waals surface area contributed by atoms with Gasteiger partial charge >= 0.3 is 0 Å². The molecule has 3 heterocycles. The van der Waals surface area contributed by atoms with Crippen molar-refractivity contribution in [2.45, 2.75) is 38.9 Å². The predicted octanol–water partition coefficient (Wildman–Crippen LogP) is 5.22. The first-order valence-electron chi connectivity index (χ1n) is 11.2. The van der Waals surface area contributed by atoms with E-state index in [1.165, 1.54) is 49.2 Å². The van der Waals surface area contributed by atoms with Crippen LogP contribution in [0.15, 0.2) is 54.0 Å². The summed E-state index contributed by atoms with van der Waals surface area (Å²) in [6, 6.07) is 14.8. The van der Waals surface area contributed by atoms with E-state index in [2.05, 4.69) is 55.7 Å². The SMILES string of the molecule is COc1cccc(CN(Cc2ccc3cn[nH]c3c2)c2nc(CN3CCCCC3)cs2)c1. The number of nitrogens with zero attached hydrogens (tertiary/aromatic N) is 4. The minimum absolute atomic E-state index is 0.773. The van der Waals surface area contributed by atoms with Crippen LogP contribution < -0.4 is 9.64 Å². The average molecular weight is 448 g/mol. The van der Waals surface area contributed by atoms with Crippen LogP contribution in [0, 0.1) is 0 Å². The molecule has 32 heavy (non-hydrogen) atoms. The second-order valence-electron chi connectivity index (χ2n) is 8.46. The zero-order valence-corrected chi connectivity index (χ0v) is 19.3. The number of H-pyrrole nitrogens is 1. The summed E-state index contributed by atoms with van der Waals surface area (Å²) < 4.78 is 5.44. The summed E-state index contributed by atoms with van der Waals surface area (Å²) >= 11 is 1.74. The Hall–Kier alpha value is -2.90. The quantitative estimate of drug-likeness (QED) is 0.401. The molecular weight excluding hydrogens is 418 g/mol. The first-order chi connectivity index (χ1) is 15.8. The highest BCUT2D eigenvalue weighted by Crippen LogP contribution is 2.27. The van der Waals surface area contributed by atoms with Crippen molar-refractivity contribution >= 4 is 27.4 Å². The Labute approximate surface area is 192 Å². The largest absolute Gasteiger partial charge is 0.497 e. The molecule has 0 amide bonds. The number of hydrogen-bond acceptors (Lipinski definition) is 6. The van der Waals surface area contributed by atoms with Crippen LogP contribution >= 0.6 is 11.3 Å². The van der Waals surface area contributed by atoms with Gasteiger partial charge in [-0.2, -0.15) is 5.10 Å². The Morgan fingerprint density at radius 2 is 1.91 bits per heavy atom. The fourth-order valence-corrected chi connectivity index (χ4v) is 5.16. The minimum Gasteiger partial charge on any atom is -0.497 e. The van der Waals surface area contributed by atoms with E-state index in [1.807, 2.05) is 18.3 Å². The standard InChI is InChI=1S/C25H29N5OS/c1-31-23-7-5-6-19(12-23)15-30(16-20-8-9-21-14-26-28-24(21)13-20)25-27-22(18-32-25)17-29-10-3-2-4-11-29/h5-9,12-14,18H,2-4,10-11,15-17H2,1H3,(H,26,28). The first-order valence-corrected chi connectivity index (χ1v) is 12.1. The molecule has 2 aromatic carbocycles. The van der Waals surface area contributed by atoms with Crippen LogP contribution in [0.25, 0.3) is 10.9 Å². The third kappa shape index (κ3) is 4.95. The molecule has 5 rings (SSSR count). The van der Waals surface area contributed by atoms with E-state index in [-0.39, 0.29) is 0 Å². The van der Waals surface area contributed by atoms with Crippen LogP contribution in [-0.4, -0.2) is 40.3 Å². The van der Waals surface area contributed by atoms with Crippen molar-refractivity contribution < 1.29 is 4.74 Å². The fourth-order valence-electron chi connectivity index (χ4n) is 4.35. The van der Waals surface area contributed by atoms with Crippen molar-refractivity contribution in [2.24, 2.45) is 0 Å². The van der Waals surface area contributed by atoms with Crippen molar-refractivity contribution in [1.29, 1.82) is 0 Å². The summed E-state index contributed by atoms with van der Waals surface area (Å²) in [5.74, 6) is 0.881. The molecule has 1 aliphatic heterocycles. The molecule has 0 spiro atoms. The predicted molar refractivity (Wildman–Crippen MR) is 130 cm³/mol. The highest BCUT2D eigenvalue weighted by Gasteiger charge is 2.16. The molecule has 2 aromatic heterocycles. The number of likely N-dealkylation sites (tertiary alicyclic amines) is 1. The lowest BCUT2D eigenvalue weighted by molar-refractivity contribution is 0.219. The topological polar surface area (TPSA) is 57.3 Å². The Balaban J connectivity index is 1.39. The number of methoxy groups -OCH3 is 1. The molecule has 1 aliphatic rings. The van der Waals surface area contributed by atoms with Gasteiger partial charge in [0.05, 0.1) is 24.5 Å². The molecule has 1 saturated heterocycles. The molecule has 7 heteroatoms. The van der Waals surface area contributed by atoms with Crippen LogP contribution in [0.5, 0.6) is 5.75 Å². The van der Waals surface area contributed by atoms with Crippen LogP contribution in [0.4, 0.5) is 5.13 Å². The molecule has 0 unspecified atom stereocenters. The van der Waals surface area contributed by atoms with Gasteiger partial charge in [-0.25, -0.2) is 4.98 Å². The summed E-state index contributed by atoms with van der Waals surface area (Å²) in [6.07, 6.45) is 5.82. The fraction of sp³-hybridized carbons (Fsp3) is 0.360. The number of aromatic amines is 1. The molecule has 0 saturated carbocycles. The smallest absolute Gasteiger partial charge is 0.186 e. The van der Waals surface area contributed by atoms with Gasteiger partial charge in [0.25, 0.3) is 0 Å². The van der Waals surface area contributed by atoms with E-state index in [0.717, 1.165) is 41.4 Å². The maximum atomic E-state index is 5.44. The highest BCUT2D eigenvalue weighted by molar-refractivity contribution is 7.13. The average Bonchev–Trinajstić information content (AvgIpc) is 3.49. The third-order valence-electron chi connectivity index (χ3n) is 6.03. The van der Waals surface area contributed by atoms with Crippen molar-refractivity contribution in [3.05, 3.63) is 70.9 Å². The van der Waals surface area contributed by atoms with E-state index in [9.17, 15) is 0 Å². The molecule has 6 nitrogen and oxygen atoms in total. The highest BCUT2D eigenvalue weighted by atomic mass is 32.1. The minimum atomic E-state index is 0.773. The second kappa shape index (κ2) is 9.71. The second-order valence-corrected chi connectivity index (χ2v) is 9.29. The van der Waals surface area contributed by atoms with Crippen molar-refractivity contribution in [3.8, 4) is 5.75 Å². The van der Waals surface area contributed by atoms with Gasteiger partial charge in [0.1, 0.15) is 5.75 Å². The molecule has 1 fully saturated rings. The van der Waals surface area contributed by atoms with Gasteiger partial charge in [0, 0.05) is 30.4 Å². The number of fused-ring (bicyclic) bond motifs is 1. The molecule has 0 atom stereocenters. The molecule has 166 valence electrons. The van der Waals surface area contributed by atoms with Crippen molar-refractivity contribution in [3.63, 3.8) is 0 Å². The molecule has 1 N–H and O–H groups in total. The third-order valence-corrected chi connectivity index (χ3v) is 6.98. The molecule has 0 aliphatic carbocycles. The maximum Gasteiger partial charge on any atom is 0.186 e. The summed E-state index contributed by atoms with van der Waals surface area (Å²) in [6.45, 7) is 4.87. The summed E-state index contributed by atoms with van der Waals surface area (Å²) in [4.78, 5) is 9.93. The van der Waals surface area contributed by atoms with E-state index in [4.69, 9.17) is 9.72 Å². The van der Waals surface area contributed by atoms with E-state index >= 15 is 0 Å². The monoisotopic (exact) mass is 447 g/mol. The Morgan fingerprint density at radius 1 is 1.06 bits per heavy atom. The van der Waals surface area contributed by atoms with Gasteiger partial charge in [-0.1, -0.05) is 30.7 Å². The van der Waals surface area contributed by atoms with Gasteiger partial charge in [0.2, 0.25) is 0 Å². The van der Waals surface area contributed by atoms with Gasteiger partial charge in [0.15, 0.2) is 5.13 Å². The van der Waals surface area contributed by atoms with E-state index in [0.29, 0.717) is 0 Å². The van der Waals surface area contributed by atoms with Gasteiger partial charge in [-0.3, -0.25) is 10.00 Å². The summed E-state index contributed by atoms with van der Waals surface area (Å²) in [7, 11) is 1.71. The number of ether oxygens (including phenoxy) is 1. The van der Waals surface area contributed by atoms with Crippen molar-refractivity contribution in [2.75, 3.05) is 25.1 Å². The number of thiazole rings is 1. The van der Waals surface area contributed by atoms with Crippen LogP contribution in [0.3, 0.4) is 0 Å². The Kier molecular flexibility index (Phi) is 6.36. The number of piperidine rings is 1. The van der Waals surface area contributed by atoms with E-state index in [1.54, 1.807) is 18.4 Å². The molecule has 0 radical (unpaired) electrons. The van der Waals surface area contributed by atoms with Gasteiger partial charge in [-0.05, 0) is 55.3 Å². The van der Waals surface area contributed by atoms with Gasteiger partial charge < -0.3 is 9.64 Å². The lowest BCUT2D eigenvalue weighted by Crippen LogP contribution is -2.29. The van der Waals surface area contributed by atoms with Crippen molar-refractivity contribution in [1.82, 2.24) is 20.1 Å². The number of aromatic nitrogens is 3. The lowest BCUT2D eigenvalue weighted by Gasteiger charge is -2.25. The van der Waals surface area contributed by atoms with Crippen LogP contribution in [0.2, 0.25) is 0 Å². The Bertz CT molecular complexity index is 1160. The Morgan fingerprint density at radius 3 is 2.75 bits per heavy atom. The number of benzene rings is 2. The first kappa shape index (κ1) is 21.0. The number of nitrogens with one attached hydrogen (secondary N) is 1. The zero-order valence-electron chi connectivity index (χ0n) is 18.5. The van der Waals surface area contributed by atoms with Crippen LogP contribution in [0.1, 0.15) is 36.1 Å². The number of anilines is 1. The van der Waals surface area contributed by atoms with Crippen LogP contribution in [-0.2, 0) is 19.6 Å². The van der Waals surface area contributed by atoms with Gasteiger partial charge in [-0.15, -0.1) is 11.3 Å². The van der Waals surface area contributed by atoms with E-state index < -0.39 is 0 Å².